The van der Waals surface area contributed by atoms with Gasteiger partial charge in [-0.2, -0.15) is 0 Å². The van der Waals surface area contributed by atoms with Gasteiger partial charge in [-0.1, -0.05) is 11.6 Å². The van der Waals surface area contributed by atoms with Crippen molar-refractivity contribution >= 4 is 16.0 Å². The predicted octanol–water partition coefficient (Wildman–Crippen LogP) is -0.310. The lowest BCUT2D eigenvalue weighted by Crippen LogP contribution is -2.31. The highest BCUT2D eigenvalue weighted by atomic mass is 32.2. The van der Waals surface area contributed by atoms with Crippen LogP contribution in [0.4, 0.5) is 0 Å². The van der Waals surface area contributed by atoms with Crippen LogP contribution in [0.1, 0.15) is 19.3 Å². The van der Waals surface area contributed by atoms with Crippen LogP contribution in [0, 0.1) is 0 Å². The summed E-state index contributed by atoms with van der Waals surface area (Å²) < 4.78 is 25.5. The van der Waals surface area contributed by atoms with Crippen LogP contribution in [0.15, 0.2) is 11.6 Å². The number of carboxylic acid groups (broad SMARTS) is 1. The number of nitrogens with one attached hydrogen (secondary N) is 2. The Bertz CT molecular complexity index is 389. The summed E-state index contributed by atoms with van der Waals surface area (Å²) in [7, 11) is -3.35. The normalized spacial score (nSPS) is 16.6. The maximum absolute atomic E-state index is 11.5. The highest BCUT2D eigenvalue weighted by Gasteiger charge is 2.12. The van der Waals surface area contributed by atoms with Crippen LogP contribution < -0.4 is 10.0 Å². The molecule has 3 N–H and O–H groups in total. The average Bonchev–Trinajstić information content (AvgIpc) is 2.27. The molecule has 0 atom stereocenters. The lowest BCUT2D eigenvalue weighted by atomic mass is 10.1. The largest absolute Gasteiger partial charge is 0.481 e. The first-order chi connectivity index (χ1) is 7.99. The molecule has 0 amide bonds. The van der Waals surface area contributed by atoms with Gasteiger partial charge in [0.25, 0.3) is 0 Å². The smallest absolute Gasteiger partial charge is 0.303 e. The summed E-state index contributed by atoms with van der Waals surface area (Å²) in [5, 5.41) is 11.6. The van der Waals surface area contributed by atoms with Gasteiger partial charge in [-0.05, 0) is 19.4 Å². The fraction of sp³-hybridized carbons (Fsp3) is 0.700. The Hall–Kier alpha value is -0.920. The first-order valence-corrected chi connectivity index (χ1v) is 7.22. The van der Waals surface area contributed by atoms with Gasteiger partial charge in [-0.25, -0.2) is 13.1 Å². The summed E-state index contributed by atoms with van der Waals surface area (Å²) in [5.74, 6) is -1.11. The molecule has 0 fully saturated rings. The summed E-state index contributed by atoms with van der Waals surface area (Å²) in [6.07, 6.45) is 2.85. The van der Waals surface area contributed by atoms with Crippen molar-refractivity contribution < 1.29 is 18.3 Å². The van der Waals surface area contributed by atoms with E-state index in [1.54, 1.807) is 0 Å². The minimum atomic E-state index is -3.35. The molecule has 0 unspecified atom stereocenters. The maximum Gasteiger partial charge on any atom is 0.303 e. The number of hydrogen-bond acceptors (Lipinski definition) is 4. The lowest BCUT2D eigenvalue weighted by Gasteiger charge is -2.14. The molecule has 1 aliphatic rings. The Balaban J connectivity index is 2.28. The van der Waals surface area contributed by atoms with Gasteiger partial charge in [-0.3, -0.25) is 4.79 Å². The van der Waals surface area contributed by atoms with E-state index in [1.807, 2.05) is 6.08 Å². The minimum Gasteiger partial charge on any atom is -0.481 e. The molecular formula is C10H18N2O4S. The topological polar surface area (TPSA) is 95.5 Å². The van der Waals surface area contributed by atoms with Gasteiger partial charge in [0.2, 0.25) is 10.0 Å². The first-order valence-electron chi connectivity index (χ1n) is 5.57. The predicted molar refractivity (Wildman–Crippen MR) is 64.2 cm³/mol. The van der Waals surface area contributed by atoms with Crippen LogP contribution in [0.2, 0.25) is 0 Å². The Morgan fingerprint density at radius 3 is 2.88 bits per heavy atom. The molecule has 0 aliphatic carbocycles. The van der Waals surface area contributed by atoms with Gasteiger partial charge in [-0.15, -0.1) is 0 Å². The molecule has 0 saturated carbocycles. The molecule has 0 spiro atoms. The standard InChI is InChI=1S/C10H18N2O4S/c13-10(14)2-1-7-17(15,16)12-8-9-3-5-11-6-4-9/h3,11-12H,1-2,4-8H2,(H,13,14). The number of aliphatic carboxylic acids is 1. The number of hydrogen-bond donors (Lipinski definition) is 3. The van der Waals surface area contributed by atoms with Crippen LogP contribution in [-0.4, -0.2) is 44.9 Å². The van der Waals surface area contributed by atoms with Crippen molar-refractivity contribution in [2.24, 2.45) is 0 Å². The second-order valence-electron chi connectivity index (χ2n) is 3.95. The molecule has 0 aromatic carbocycles. The summed E-state index contributed by atoms with van der Waals surface area (Å²) in [6.45, 7) is 1.97. The second-order valence-corrected chi connectivity index (χ2v) is 5.88. The van der Waals surface area contributed by atoms with E-state index in [0.717, 1.165) is 25.1 Å². The molecule has 1 aliphatic heterocycles. The summed E-state index contributed by atoms with van der Waals surface area (Å²) in [6, 6.07) is 0. The molecular weight excluding hydrogens is 244 g/mol. The molecule has 0 saturated heterocycles. The van der Waals surface area contributed by atoms with Crippen molar-refractivity contribution in [2.45, 2.75) is 19.3 Å². The fourth-order valence-corrected chi connectivity index (χ4v) is 2.59. The third-order valence-corrected chi connectivity index (χ3v) is 3.89. The van der Waals surface area contributed by atoms with Gasteiger partial charge in [0.15, 0.2) is 0 Å². The Morgan fingerprint density at radius 1 is 1.53 bits per heavy atom. The third kappa shape index (κ3) is 6.40. The van der Waals surface area contributed by atoms with Crippen LogP contribution in [0.3, 0.4) is 0 Å². The van der Waals surface area contributed by atoms with E-state index in [0.29, 0.717) is 6.54 Å². The van der Waals surface area contributed by atoms with E-state index in [2.05, 4.69) is 10.0 Å². The summed E-state index contributed by atoms with van der Waals surface area (Å²) in [5.41, 5.74) is 1.07. The average molecular weight is 262 g/mol. The quantitative estimate of drug-likeness (QED) is 0.547. The van der Waals surface area contributed by atoms with Crippen molar-refractivity contribution in [1.29, 1.82) is 0 Å². The molecule has 0 bridgehead atoms. The van der Waals surface area contributed by atoms with Gasteiger partial charge < -0.3 is 10.4 Å². The Labute approximate surface area is 101 Å². The monoisotopic (exact) mass is 262 g/mol. The zero-order chi connectivity index (χ0) is 12.7. The van der Waals surface area contributed by atoms with Crippen molar-refractivity contribution in [3.8, 4) is 0 Å². The van der Waals surface area contributed by atoms with Crippen molar-refractivity contribution in [3.63, 3.8) is 0 Å². The lowest BCUT2D eigenvalue weighted by molar-refractivity contribution is -0.137. The van der Waals surface area contributed by atoms with Crippen LogP contribution in [-0.2, 0) is 14.8 Å². The van der Waals surface area contributed by atoms with Crippen molar-refractivity contribution in [1.82, 2.24) is 10.0 Å². The molecule has 0 radical (unpaired) electrons. The summed E-state index contributed by atoms with van der Waals surface area (Å²) >= 11 is 0. The molecule has 7 heteroatoms. The Kier molecular flexibility index (Phi) is 5.60. The highest BCUT2D eigenvalue weighted by molar-refractivity contribution is 7.89. The van der Waals surface area contributed by atoms with Crippen LogP contribution in [0.25, 0.3) is 0 Å². The zero-order valence-electron chi connectivity index (χ0n) is 9.61. The van der Waals surface area contributed by atoms with Crippen molar-refractivity contribution in [2.75, 3.05) is 25.4 Å². The fourth-order valence-electron chi connectivity index (χ4n) is 1.52. The van der Waals surface area contributed by atoms with E-state index >= 15 is 0 Å². The maximum atomic E-state index is 11.5. The molecule has 1 rings (SSSR count). The second kappa shape index (κ2) is 6.73. The van der Waals surface area contributed by atoms with Crippen molar-refractivity contribution in [3.05, 3.63) is 11.6 Å². The van der Waals surface area contributed by atoms with Gasteiger partial charge in [0, 0.05) is 19.5 Å². The third-order valence-electron chi connectivity index (χ3n) is 2.48. The SMILES string of the molecule is O=C(O)CCCS(=O)(=O)NCC1=CCNCC1. The van der Waals surface area contributed by atoms with Gasteiger partial charge >= 0.3 is 5.97 Å². The van der Waals surface area contributed by atoms with Crippen LogP contribution in [0.5, 0.6) is 0 Å². The molecule has 1 heterocycles. The van der Waals surface area contributed by atoms with E-state index in [1.165, 1.54) is 0 Å². The number of carbonyl (C=O) groups is 1. The zero-order valence-corrected chi connectivity index (χ0v) is 10.4. The van der Waals surface area contributed by atoms with Crippen LogP contribution >= 0.6 is 0 Å². The number of rotatable bonds is 7. The minimum absolute atomic E-state index is 0.118. The molecule has 98 valence electrons. The Morgan fingerprint density at radius 2 is 2.29 bits per heavy atom. The number of sulfonamides is 1. The van der Waals surface area contributed by atoms with E-state index in [4.69, 9.17) is 5.11 Å². The molecule has 17 heavy (non-hydrogen) atoms. The van der Waals surface area contributed by atoms with E-state index < -0.39 is 16.0 Å². The molecule has 6 nitrogen and oxygen atoms in total. The highest BCUT2D eigenvalue weighted by Crippen LogP contribution is 2.03. The molecule has 0 aromatic heterocycles. The number of carboxylic acids is 1. The molecule has 0 aromatic rings. The van der Waals surface area contributed by atoms with E-state index in [-0.39, 0.29) is 18.6 Å². The van der Waals surface area contributed by atoms with Gasteiger partial charge in [0.05, 0.1) is 5.75 Å². The first kappa shape index (κ1) is 14.1. The summed E-state index contributed by atoms with van der Waals surface area (Å²) in [4.78, 5) is 10.3. The van der Waals surface area contributed by atoms with Gasteiger partial charge in [0.1, 0.15) is 0 Å². The van der Waals surface area contributed by atoms with E-state index in [9.17, 15) is 13.2 Å².